The number of unbranched alkanes of at least 4 members (excludes halogenated alkanes) is 1. The lowest BCUT2D eigenvalue weighted by molar-refractivity contribution is -0.140. The molecule has 1 spiro atoms. The van der Waals surface area contributed by atoms with Gasteiger partial charge in [0.25, 0.3) is 5.91 Å². The summed E-state index contributed by atoms with van der Waals surface area (Å²) in [5.74, 6) is -2.32. The van der Waals surface area contributed by atoms with Crippen LogP contribution in [0.1, 0.15) is 25.7 Å². The highest BCUT2D eigenvalue weighted by atomic mass is 35.5. The number of likely N-dealkylation sites (tertiary alicyclic amines) is 1. The molecule has 3 fully saturated rings. The molecule has 1 N–H and O–H groups in total. The van der Waals surface area contributed by atoms with Gasteiger partial charge < -0.3 is 24.5 Å². The molecule has 2 unspecified atom stereocenters. The molecular formula is C32H36ClN3O5. The van der Waals surface area contributed by atoms with Gasteiger partial charge in [0.1, 0.15) is 11.6 Å². The van der Waals surface area contributed by atoms with E-state index in [0.29, 0.717) is 42.1 Å². The van der Waals surface area contributed by atoms with E-state index in [0.717, 1.165) is 0 Å². The fourth-order valence-corrected chi connectivity index (χ4v) is 7.08. The number of nitrogens with zero attached hydrogens (tertiary/aromatic N) is 3. The van der Waals surface area contributed by atoms with E-state index in [-0.39, 0.29) is 44.0 Å². The maximum Gasteiger partial charge on any atom is 0.253 e. The Hall–Kier alpha value is -3.46. The van der Waals surface area contributed by atoms with Gasteiger partial charge in [-0.3, -0.25) is 14.4 Å². The van der Waals surface area contributed by atoms with E-state index in [1.807, 2.05) is 30.3 Å². The topological polar surface area (TPSA) is 90.4 Å². The van der Waals surface area contributed by atoms with Gasteiger partial charge in [0, 0.05) is 31.9 Å². The zero-order valence-electron chi connectivity index (χ0n) is 23.0. The predicted molar refractivity (Wildman–Crippen MR) is 159 cm³/mol. The number of amides is 3. The molecule has 216 valence electrons. The summed E-state index contributed by atoms with van der Waals surface area (Å²) in [4.78, 5) is 47.8. The second kappa shape index (κ2) is 12.2. The normalized spacial score (nSPS) is 26.1. The number of halogens is 1. The van der Waals surface area contributed by atoms with Crippen LogP contribution in [0.5, 0.6) is 0 Å². The Morgan fingerprint density at radius 2 is 1.71 bits per heavy atom. The van der Waals surface area contributed by atoms with Crippen LogP contribution in [0.15, 0.2) is 79.9 Å². The molecule has 41 heavy (non-hydrogen) atoms. The summed E-state index contributed by atoms with van der Waals surface area (Å²) in [5, 5.41) is 9.83. The summed E-state index contributed by atoms with van der Waals surface area (Å²) in [6, 6.07) is 15.4. The van der Waals surface area contributed by atoms with Crippen LogP contribution in [0.2, 0.25) is 5.02 Å². The minimum absolute atomic E-state index is 0.0231. The maximum absolute atomic E-state index is 14.5. The third-order valence-electron chi connectivity index (χ3n) is 8.49. The van der Waals surface area contributed by atoms with Gasteiger partial charge in [-0.15, -0.1) is 13.2 Å². The molecule has 3 aliphatic heterocycles. The average molecular weight is 578 g/mol. The number of rotatable bonds is 12. The number of carbonyl (C=O) groups is 3. The molecule has 2 aromatic carbocycles. The van der Waals surface area contributed by atoms with Crippen molar-refractivity contribution in [2.24, 2.45) is 11.8 Å². The molecule has 5 rings (SSSR count). The molecule has 5 atom stereocenters. The van der Waals surface area contributed by atoms with Crippen molar-refractivity contribution in [3.63, 3.8) is 0 Å². The molecule has 3 heterocycles. The largest absolute Gasteiger partial charge is 0.396 e. The summed E-state index contributed by atoms with van der Waals surface area (Å²) >= 11 is 6.52. The Labute approximate surface area is 245 Å². The lowest BCUT2D eigenvalue weighted by atomic mass is 9.70. The van der Waals surface area contributed by atoms with E-state index < -0.39 is 29.6 Å². The molecule has 0 radical (unpaired) electrons. The lowest BCUT2D eigenvalue weighted by Crippen LogP contribution is -2.56. The standard InChI is InChI=1S/C32H36ClN3O5/c1-3-18-34(22-12-6-5-7-13-22)29(38)26-25-16-17-32(41-25)27(26)30(39)36(20-10-11-21-37)28(32)31(40)35(19-4-2)24-15-9-8-14-23(24)33/h3-9,12-15,25-28,37H,1-2,10-11,16-21H2/t25-,26+,27-,28?,32?/m0/s1. The number of para-hydroxylation sites is 2. The Morgan fingerprint density at radius 1 is 1.02 bits per heavy atom. The van der Waals surface area contributed by atoms with Crippen LogP contribution in [0.4, 0.5) is 11.4 Å². The van der Waals surface area contributed by atoms with E-state index in [2.05, 4.69) is 13.2 Å². The molecule has 8 nitrogen and oxygen atoms in total. The van der Waals surface area contributed by atoms with E-state index in [1.165, 1.54) is 0 Å². The summed E-state index contributed by atoms with van der Waals surface area (Å²) < 4.78 is 6.63. The van der Waals surface area contributed by atoms with E-state index >= 15 is 0 Å². The predicted octanol–water partition coefficient (Wildman–Crippen LogP) is 4.23. The number of anilines is 2. The molecule has 3 aliphatic rings. The van der Waals surface area contributed by atoms with Crippen LogP contribution >= 0.6 is 11.6 Å². The van der Waals surface area contributed by atoms with Crippen molar-refractivity contribution in [1.29, 1.82) is 0 Å². The number of ether oxygens (including phenoxy) is 1. The quantitative estimate of drug-likeness (QED) is 0.301. The monoisotopic (exact) mass is 577 g/mol. The molecule has 2 aromatic rings. The molecule has 0 aromatic heterocycles. The molecule has 0 aliphatic carbocycles. The third kappa shape index (κ3) is 4.98. The Morgan fingerprint density at radius 3 is 2.39 bits per heavy atom. The van der Waals surface area contributed by atoms with Gasteiger partial charge in [0.15, 0.2) is 0 Å². The van der Waals surface area contributed by atoms with Crippen LogP contribution < -0.4 is 9.80 Å². The van der Waals surface area contributed by atoms with Crippen molar-refractivity contribution in [3.05, 3.63) is 84.9 Å². The number of hydrogen-bond acceptors (Lipinski definition) is 5. The van der Waals surface area contributed by atoms with Crippen molar-refractivity contribution in [2.75, 3.05) is 36.0 Å². The summed E-state index contributed by atoms with van der Waals surface area (Å²) in [6.45, 7) is 8.38. The molecule has 0 saturated carbocycles. The number of fused-ring (bicyclic) bond motifs is 1. The average Bonchev–Trinajstić information content (AvgIpc) is 3.62. The minimum atomic E-state index is -1.14. The number of hydrogen-bond donors (Lipinski definition) is 1. The molecule has 3 amide bonds. The van der Waals surface area contributed by atoms with Crippen LogP contribution in [0.25, 0.3) is 0 Å². The van der Waals surface area contributed by atoms with Crippen LogP contribution in [-0.2, 0) is 19.1 Å². The van der Waals surface area contributed by atoms with Crippen molar-refractivity contribution < 1.29 is 24.2 Å². The molecular weight excluding hydrogens is 542 g/mol. The zero-order valence-corrected chi connectivity index (χ0v) is 23.8. The van der Waals surface area contributed by atoms with Gasteiger partial charge in [-0.05, 0) is 49.9 Å². The summed E-state index contributed by atoms with van der Waals surface area (Å²) in [5.41, 5.74) is 0.0846. The van der Waals surface area contributed by atoms with E-state index in [4.69, 9.17) is 16.3 Å². The van der Waals surface area contributed by atoms with Gasteiger partial charge in [-0.2, -0.15) is 0 Å². The second-order valence-electron chi connectivity index (χ2n) is 10.8. The summed E-state index contributed by atoms with van der Waals surface area (Å²) in [6.07, 6.45) is 4.86. The first-order valence-electron chi connectivity index (χ1n) is 14.1. The van der Waals surface area contributed by atoms with Gasteiger partial charge in [-0.1, -0.05) is 54.1 Å². The van der Waals surface area contributed by atoms with E-state index in [1.54, 1.807) is 51.1 Å². The highest BCUT2D eigenvalue weighted by Crippen LogP contribution is 2.59. The van der Waals surface area contributed by atoms with Crippen molar-refractivity contribution >= 4 is 40.7 Å². The van der Waals surface area contributed by atoms with Crippen LogP contribution in [0, 0.1) is 11.8 Å². The second-order valence-corrected chi connectivity index (χ2v) is 11.2. The van der Waals surface area contributed by atoms with Gasteiger partial charge in [0.05, 0.1) is 28.6 Å². The van der Waals surface area contributed by atoms with Gasteiger partial charge in [-0.25, -0.2) is 0 Å². The van der Waals surface area contributed by atoms with Crippen LogP contribution in [-0.4, -0.2) is 71.7 Å². The first-order chi connectivity index (χ1) is 19.9. The number of aliphatic hydroxyl groups is 1. The lowest BCUT2D eigenvalue weighted by Gasteiger charge is -2.37. The fraction of sp³-hybridized carbons (Fsp3) is 0.406. The first kappa shape index (κ1) is 29.0. The Bertz CT molecular complexity index is 1320. The molecule has 9 heteroatoms. The number of aliphatic hydroxyl groups excluding tert-OH is 1. The van der Waals surface area contributed by atoms with Crippen LogP contribution in [0.3, 0.4) is 0 Å². The van der Waals surface area contributed by atoms with Crippen molar-refractivity contribution in [2.45, 2.75) is 43.4 Å². The SMILES string of the molecule is C=CCN(C(=O)[C@@H]1[C@@H]2CCC3(O2)C(C(=O)N(CC=C)c2ccccc2Cl)N(CCCCO)C(=O)[C@H]13)c1ccccc1. The van der Waals surface area contributed by atoms with Crippen molar-refractivity contribution in [3.8, 4) is 0 Å². The first-order valence-corrected chi connectivity index (χ1v) is 14.5. The molecule has 2 bridgehead atoms. The maximum atomic E-state index is 14.5. The van der Waals surface area contributed by atoms with Gasteiger partial charge in [0.2, 0.25) is 11.8 Å². The number of benzene rings is 2. The molecule has 3 saturated heterocycles. The third-order valence-corrected chi connectivity index (χ3v) is 8.81. The smallest absolute Gasteiger partial charge is 0.253 e. The Kier molecular flexibility index (Phi) is 8.63. The van der Waals surface area contributed by atoms with Gasteiger partial charge >= 0.3 is 0 Å². The number of carbonyl (C=O) groups excluding carboxylic acids is 3. The zero-order chi connectivity index (χ0) is 29.1. The summed E-state index contributed by atoms with van der Waals surface area (Å²) in [7, 11) is 0. The van der Waals surface area contributed by atoms with E-state index in [9.17, 15) is 19.5 Å². The Balaban J connectivity index is 1.55. The highest BCUT2D eigenvalue weighted by molar-refractivity contribution is 6.34. The minimum Gasteiger partial charge on any atom is -0.396 e. The van der Waals surface area contributed by atoms with Crippen molar-refractivity contribution in [1.82, 2.24) is 4.90 Å². The fourth-order valence-electron chi connectivity index (χ4n) is 6.84. The highest BCUT2D eigenvalue weighted by Gasteiger charge is 2.75.